The van der Waals surface area contributed by atoms with Gasteiger partial charge in [0.15, 0.2) is 0 Å². The van der Waals surface area contributed by atoms with Crippen LogP contribution in [0.4, 0.5) is 4.79 Å². The monoisotopic (exact) mass is 638 g/mol. The first-order valence-corrected chi connectivity index (χ1v) is 17.0. The van der Waals surface area contributed by atoms with Crippen molar-refractivity contribution in [2.75, 3.05) is 26.3 Å². The van der Waals surface area contributed by atoms with Crippen LogP contribution in [0.1, 0.15) is 88.2 Å². The molecule has 11 heteroatoms. The molecule has 0 spiro atoms. The zero-order valence-electron chi connectivity index (χ0n) is 27.8. The Kier molecular flexibility index (Phi) is 13.2. The Morgan fingerprint density at radius 2 is 1.78 bits per heavy atom. The summed E-state index contributed by atoms with van der Waals surface area (Å²) in [6, 6.07) is 7.99. The lowest BCUT2D eigenvalue weighted by molar-refractivity contribution is -0.128. The second-order valence-electron chi connectivity index (χ2n) is 13.8. The topological polar surface area (TPSA) is 152 Å². The minimum absolute atomic E-state index is 0.0430. The van der Waals surface area contributed by atoms with Gasteiger partial charge in [-0.3, -0.25) is 14.2 Å². The molecule has 2 heterocycles. The maximum atomic E-state index is 14.2. The number of nitrogens with zero attached hydrogens (tertiary/aromatic N) is 3. The molecular formula is C35H54N6O5. The van der Waals surface area contributed by atoms with Crippen molar-refractivity contribution in [3.63, 3.8) is 0 Å². The molecule has 1 saturated carbocycles. The van der Waals surface area contributed by atoms with Crippen LogP contribution in [-0.4, -0.2) is 87.4 Å². The first kappa shape index (κ1) is 35.6. The number of urea groups is 1. The molecule has 46 heavy (non-hydrogen) atoms. The van der Waals surface area contributed by atoms with E-state index in [1.165, 1.54) is 17.3 Å². The fraction of sp³-hybridized carbons (Fsp3) is 0.657. The first-order chi connectivity index (χ1) is 22.0. The fourth-order valence-electron chi connectivity index (χ4n) is 6.47. The molecule has 1 aliphatic heterocycles. The second kappa shape index (κ2) is 17.0. The average molecular weight is 639 g/mol. The third-order valence-corrected chi connectivity index (χ3v) is 9.36. The van der Waals surface area contributed by atoms with E-state index in [0.717, 1.165) is 37.7 Å². The van der Waals surface area contributed by atoms with Crippen LogP contribution in [0.3, 0.4) is 0 Å². The van der Waals surface area contributed by atoms with Gasteiger partial charge in [0.05, 0.1) is 37.1 Å². The molecule has 1 aromatic heterocycles. The molecular weight excluding hydrogens is 584 g/mol. The highest BCUT2D eigenvalue weighted by Gasteiger charge is 2.40. The quantitative estimate of drug-likeness (QED) is 0.246. The number of nitrogens with two attached hydrogens (primary N) is 1. The van der Waals surface area contributed by atoms with Gasteiger partial charge in [0, 0.05) is 25.7 Å². The maximum absolute atomic E-state index is 14.2. The standard InChI is InChI=1S/C35H54N6O5/c1-25(2)14-15-31(42)30(21-27-12-8-5-9-13-27)38-33(44)35(3,39-34(45)40-16-18-46-19-17-40)22-28-23-41(24-37-28)32(43)29(36)20-26-10-6-4-7-11-26/h4,6-7,10-11,23-25,27,29-31,42H,5,8-9,12-22,36H2,1-3H3,(H,38,44)(H,39,45)/t29-,30-,31-,35-/m0/s1. The number of hydrogen-bond donors (Lipinski definition) is 4. The van der Waals surface area contributed by atoms with Gasteiger partial charge in [0.2, 0.25) is 11.8 Å². The number of carbonyl (C=O) groups excluding carboxylic acids is 3. The molecule has 254 valence electrons. The highest BCUT2D eigenvalue weighted by Crippen LogP contribution is 2.29. The van der Waals surface area contributed by atoms with Crippen molar-refractivity contribution in [2.45, 2.75) is 109 Å². The van der Waals surface area contributed by atoms with Crippen LogP contribution < -0.4 is 16.4 Å². The Balaban J connectivity index is 1.52. The molecule has 4 atom stereocenters. The minimum Gasteiger partial charge on any atom is -0.391 e. The Hall–Kier alpha value is -3.28. The van der Waals surface area contributed by atoms with Crippen molar-refractivity contribution < 1.29 is 24.2 Å². The Morgan fingerprint density at radius 1 is 1.09 bits per heavy atom. The Labute approximate surface area is 273 Å². The lowest BCUT2D eigenvalue weighted by Gasteiger charge is -2.36. The largest absolute Gasteiger partial charge is 0.391 e. The molecule has 0 bridgehead atoms. The molecule has 0 radical (unpaired) electrons. The van der Waals surface area contributed by atoms with Gasteiger partial charge in [-0.1, -0.05) is 76.3 Å². The summed E-state index contributed by atoms with van der Waals surface area (Å²) in [5.74, 6) is 0.160. The molecule has 2 aromatic rings. The lowest BCUT2D eigenvalue weighted by Crippen LogP contribution is -2.63. The summed E-state index contributed by atoms with van der Waals surface area (Å²) in [7, 11) is 0. The zero-order valence-corrected chi connectivity index (χ0v) is 27.8. The van der Waals surface area contributed by atoms with Gasteiger partial charge < -0.3 is 31.1 Å². The van der Waals surface area contributed by atoms with Gasteiger partial charge in [-0.2, -0.15) is 0 Å². The number of amides is 3. The maximum Gasteiger partial charge on any atom is 0.318 e. The van der Waals surface area contributed by atoms with Crippen LogP contribution in [0, 0.1) is 11.8 Å². The summed E-state index contributed by atoms with van der Waals surface area (Å²) in [4.78, 5) is 46.9. The van der Waals surface area contributed by atoms with Gasteiger partial charge in [0.1, 0.15) is 11.9 Å². The molecule has 0 unspecified atom stereocenters. The number of nitrogens with one attached hydrogen (secondary N) is 2. The second-order valence-corrected chi connectivity index (χ2v) is 13.8. The molecule has 1 saturated heterocycles. The van der Waals surface area contributed by atoms with Gasteiger partial charge in [-0.05, 0) is 50.0 Å². The van der Waals surface area contributed by atoms with Crippen molar-refractivity contribution in [2.24, 2.45) is 17.6 Å². The number of hydrogen-bond acceptors (Lipinski definition) is 7. The van der Waals surface area contributed by atoms with Crippen molar-refractivity contribution in [3.8, 4) is 0 Å². The van der Waals surface area contributed by atoms with Crippen LogP contribution in [0.5, 0.6) is 0 Å². The van der Waals surface area contributed by atoms with Crippen molar-refractivity contribution in [1.29, 1.82) is 0 Å². The minimum atomic E-state index is -1.41. The Morgan fingerprint density at radius 3 is 2.46 bits per heavy atom. The number of aromatic nitrogens is 2. The SMILES string of the molecule is CC(C)CC[C@H](O)[C@H](CC1CCCCC1)NC(=O)[C@](C)(Cc1cn(C(=O)[C@@H](N)Cc2ccccc2)cn1)NC(=O)N1CCOCC1. The third kappa shape index (κ3) is 10.4. The molecule has 4 rings (SSSR count). The van der Waals surface area contributed by atoms with E-state index < -0.39 is 23.7 Å². The van der Waals surface area contributed by atoms with E-state index in [9.17, 15) is 19.5 Å². The van der Waals surface area contributed by atoms with Gasteiger partial charge in [-0.25, -0.2) is 9.78 Å². The van der Waals surface area contributed by atoms with Crippen molar-refractivity contribution in [1.82, 2.24) is 25.1 Å². The van der Waals surface area contributed by atoms with Crippen LogP contribution >= 0.6 is 0 Å². The molecule has 1 aliphatic carbocycles. The summed E-state index contributed by atoms with van der Waals surface area (Å²) < 4.78 is 6.77. The number of imidazole rings is 1. The highest BCUT2D eigenvalue weighted by atomic mass is 16.5. The summed E-state index contributed by atoms with van der Waals surface area (Å²) in [6.07, 6.45) is 10.6. The summed E-state index contributed by atoms with van der Waals surface area (Å²) >= 11 is 0. The molecule has 1 aromatic carbocycles. The molecule has 11 nitrogen and oxygen atoms in total. The van der Waals surface area contributed by atoms with Crippen molar-refractivity contribution in [3.05, 3.63) is 54.1 Å². The Bertz CT molecular complexity index is 1260. The number of benzene rings is 1. The normalized spacial score (nSPS) is 19.2. The van der Waals surface area contributed by atoms with Crippen molar-refractivity contribution >= 4 is 17.8 Å². The summed E-state index contributed by atoms with van der Waals surface area (Å²) in [6.45, 7) is 7.63. The molecule has 2 aliphatic rings. The first-order valence-electron chi connectivity index (χ1n) is 17.0. The zero-order chi connectivity index (χ0) is 33.1. The van der Waals surface area contributed by atoms with E-state index in [2.05, 4.69) is 29.5 Å². The number of aliphatic hydroxyl groups is 1. The van der Waals surface area contributed by atoms with E-state index in [1.807, 2.05) is 30.3 Å². The fourth-order valence-corrected chi connectivity index (χ4v) is 6.47. The number of aliphatic hydroxyl groups excluding tert-OH is 1. The number of carbonyl (C=O) groups is 3. The summed E-state index contributed by atoms with van der Waals surface area (Å²) in [5.41, 5.74) is 6.27. The smallest absolute Gasteiger partial charge is 0.318 e. The highest BCUT2D eigenvalue weighted by molar-refractivity contribution is 5.91. The van der Waals surface area contributed by atoms with Crippen LogP contribution in [-0.2, 0) is 22.4 Å². The van der Waals surface area contributed by atoms with Gasteiger partial charge in [-0.15, -0.1) is 0 Å². The number of rotatable bonds is 14. The third-order valence-electron chi connectivity index (χ3n) is 9.36. The lowest BCUT2D eigenvalue weighted by atomic mass is 9.82. The van der Waals surface area contributed by atoms with Crippen LogP contribution in [0.2, 0.25) is 0 Å². The van der Waals surface area contributed by atoms with E-state index >= 15 is 0 Å². The van der Waals surface area contributed by atoms with E-state index in [1.54, 1.807) is 18.0 Å². The summed E-state index contributed by atoms with van der Waals surface area (Å²) in [5, 5.41) is 17.5. The molecule has 3 amide bonds. The number of morpholine rings is 1. The predicted molar refractivity (Wildman–Crippen MR) is 177 cm³/mol. The van der Waals surface area contributed by atoms with E-state index in [4.69, 9.17) is 10.5 Å². The average Bonchev–Trinajstić information content (AvgIpc) is 3.52. The molecule has 2 fully saturated rings. The number of ether oxygens (including phenoxy) is 1. The van der Waals surface area contributed by atoms with E-state index in [0.29, 0.717) is 63.1 Å². The predicted octanol–water partition coefficient (Wildman–Crippen LogP) is 3.69. The van der Waals surface area contributed by atoms with Crippen LogP contribution in [0.25, 0.3) is 0 Å². The van der Waals surface area contributed by atoms with E-state index in [-0.39, 0.29) is 24.3 Å². The molecule has 5 N–H and O–H groups in total. The van der Waals surface area contributed by atoms with Gasteiger partial charge >= 0.3 is 6.03 Å². The van der Waals surface area contributed by atoms with Gasteiger partial charge in [0.25, 0.3) is 0 Å². The van der Waals surface area contributed by atoms with Crippen LogP contribution in [0.15, 0.2) is 42.9 Å².